The second-order valence-electron chi connectivity index (χ2n) is 4.26. The molecule has 0 radical (unpaired) electrons. The van der Waals surface area contributed by atoms with Crippen molar-refractivity contribution in [2.45, 2.75) is 37.3 Å². The fraction of sp³-hybridized carbons (Fsp3) is 0.500. The highest BCUT2D eigenvalue weighted by Gasteiger charge is 2.21. The summed E-state index contributed by atoms with van der Waals surface area (Å²) in [6.07, 6.45) is -0.200. The fourth-order valence-corrected chi connectivity index (χ4v) is 3.16. The summed E-state index contributed by atoms with van der Waals surface area (Å²) in [6.45, 7) is 3.33. The first-order valence-corrected chi connectivity index (χ1v) is 7.18. The lowest BCUT2D eigenvalue weighted by Crippen LogP contribution is -2.34. The van der Waals surface area contributed by atoms with Gasteiger partial charge in [0.15, 0.2) is 0 Å². The molecule has 0 aliphatic heterocycles. The molecule has 1 aromatic carbocycles. The standard InChI is InChI=1S/C12H19NO4S/c1-9(8-10(2)14)13-18(15,16)12-7-5-4-6-11(12)17-3/h4-7,9-10,13-14H,8H2,1-3H3. The Kier molecular flexibility index (Phi) is 5.13. The van der Waals surface area contributed by atoms with Crippen molar-refractivity contribution in [3.63, 3.8) is 0 Å². The predicted octanol–water partition coefficient (Wildman–Crippen LogP) is 1.13. The number of hydrogen-bond acceptors (Lipinski definition) is 4. The molecule has 18 heavy (non-hydrogen) atoms. The third-order valence-corrected chi connectivity index (χ3v) is 4.04. The maximum Gasteiger partial charge on any atom is 0.244 e. The second-order valence-corrected chi connectivity index (χ2v) is 5.94. The van der Waals surface area contributed by atoms with Gasteiger partial charge in [-0.2, -0.15) is 0 Å². The molecular weight excluding hydrogens is 254 g/mol. The molecule has 0 aliphatic rings. The van der Waals surface area contributed by atoms with E-state index in [1.54, 1.807) is 32.0 Å². The molecule has 0 heterocycles. The summed E-state index contributed by atoms with van der Waals surface area (Å²) >= 11 is 0. The maximum absolute atomic E-state index is 12.1. The zero-order valence-electron chi connectivity index (χ0n) is 10.8. The zero-order valence-corrected chi connectivity index (χ0v) is 11.6. The number of sulfonamides is 1. The highest BCUT2D eigenvalue weighted by Crippen LogP contribution is 2.22. The number of aliphatic hydroxyl groups excluding tert-OH is 1. The molecule has 0 aliphatic carbocycles. The van der Waals surface area contributed by atoms with Crippen LogP contribution in [0, 0.1) is 0 Å². The van der Waals surface area contributed by atoms with Crippen LogP contribution in [0.3, 0.4) is 0 Å². The Bertz CT molecular complexity index is 485. The summed E-state index contributed by atoms with van der Waals surface area (Å²) in [5, 5.41) is 9.23. The third-order valence-electron chi connectivity index (χ3n) is 2.41. The van der Waals surface area contributed by atoms with Crippen LogP contribution in [0.4, 0.5) is 0 Å². The lowest BCUT2D eigenvalue weighted by atomic mass is 10.2. The van der Waals surface area contributed by atoms with Crippen LogP contribution < -0.4 is 9.46 Å². The minimum atomic E-state index is -3.63. The van der Waals surface area contributed by atoms with Crippen molar-refractivity contribution < 1.29 is 18.3 Å². The first-order chi connectivity index (χ1) is 8.36. The lowest BCUT2D eigenvalue weighted by Gasteiger charge is -2.16. The first kappa shape index (κ1) is 14.9. The molecule has 2 atom stereocenters. The summed E-state index contributed by atoms with van der Waals surface area (Å²) < 4.78 is 31.8. The maximum atomic E-state index is 12.1. The summed E-state index contributed by atoms with van der Waals surface area (Å²) in [5.74, 6) is 0.300. The van der Waals surface area contributed by atoms with E-state index < -0.39 is 16.1 Å². The summed E-state index contributed by atoms with van der Waals surface area (Å²) in [4.78, 5) is 0.102. The SMILES string of the molecule is COc1ccccc1S(=O)(=O)NC(C)CC(C)O. The van der Waals surface area contributed by atoms with Crippen molar-refractivity contribution in [3.05, 3.63) is 24.3 Å². The Morgan fingerprint density at radius 1 is 1.33 bits per heavy atom. The van der Waals surface area contributed by atoms with E-state index >= 15 is 0 Å². The Hall–Kier alpha value is -1.11. The number of aliphatic hydroxyl groups is 1. The van der Waals surface area contributed by atoms with Crippen molar-refractivity contribution in [2.75, 3.05) is 7.11 Å². The van der Waals surface area contributed by atoms with Crippen LogP contribution in [-0.4, -0.2) is 32.8 Å². The molecule has 0 saturated carbocycles. The number of para-hydroxylation sites is 1. The van der Waals surface area contributed by atoms with Crippen LogP contribution in [0.2, 0.25) is 0 Å². The molecule has 0 amide bonds. The lowest BCUT2D eigenvalue weighted by molar-refractivity contribution is 0.175. The van der Waals surface area contributed by atoms with Crippen LogP contribution in [0.1, 0.15) is 20.3 Å². The molecule has 0 saturated heterocycles. The molecule has 0 aromatic heterocycles. The van der Waals surface area contributed by atoms with Crippen molar-refractivity contribution >= 4 is 10.0 Å². The van der Waals surface area contributed by atoms with Gasteiger partial charge in [-0.05, 0) is 32.4 Å². The molecule has 1 aromatic rings. The second kappa shape index (κ2) is 6.17. The monoisotopic (exact) mass is 273 g/mol. The smallest absolute Gasteiger partial charge is 0.244 e. The molecule has 0 fully saturated rings. The van der Waals surface area contributed by atoms with E-state index in [-0.39, 0.29) is 10.9 Å². The largest absolute Gasteiger partial charge is 0.495 e. The van der Waals surface area contributed by atoms with Gasteiger partial charge in [-0.3, -0.25) is 0 Å². The van der Waals surface area contributed by atoms with E-state index in [0.717, 1.165) is 0 Å². The summed E-state index contributed by atoms with van der Waals surface area (Å²) in [7, 11) is -2.21. The molecule has 5 nitrogen and oxygen atoms in total. The first-order valence-electron chi connectivity index (χ1n) is 5.70. The predicted molar refractivity (Wildman–Crippen MR) is 69.1 cm³/mol. The number of nitrogens with one attached hydrogen (secondary N) is 1. The third kappa shape index (κ3) is 3.97. The van der Waals surface area contributed by atoms with Crippen molar-refractivity contribution in [2.24, 2.45) is 0 Å². The molecule has 2 unspecified atom stereocenters. The molecule has 2 N–H and O–H groups in total. The fourth-order valence-electron chi connectivity index (χ4n) is 1.73. The highest BCUT2D eigenvalue weighted by molar-refractivity contribution is 7.89. The Morgan fingerprint density at radius 2 is 1.94 bits per heavy atom. The van der Waals surface area contributed by atoms with Gasteiger partial charge in [-0.15, -0.1) is 0 Å². The van der Waals surface area contributed by atoms with Gasteiger partial charge in [0.2, 0.25) is 10.0 Å². The molecule has 6 heteroatoms. The number of ether oxygens (including phenoxy) is 1. The van der Waals surface area contributed by atoms with Crippen molar-refractivity contribution in [3.8, 4) is 5.75 Å². The van der Waals surface area contributed by atoms with Crippen LogP contribution in [0.5, 0.6) is 5.75 Å². The van der Waals surface area contributed by atoms with Crippen LogP contribution >= 0.6 is 0 Å². The van der Waals surface area contributed by atoms with Gasteiger partial charge < -0.3 is 9.84 Å². The van der Waals surface area contributed by atoms with Crippen molar-refractivity contribution in [1.82, 2.24) is 4.72 Å². The molecular formula is C12H19NO4S. The van der Waals surface area contributed by atoms with Gasteiger partial charge >= 0.3 is 0 Å². The Labute approximate surface area is 108 Å². The summed E-state index contributed by atoms with van der Waals surface area (Å²) in [5.41, 5.74) is 0. The van der Waals surface area contributed by atoms with Crippen LogP contribution in [0.25, 0.3) is 0 Å². The van der Waals surface area contributed by atoms with Crippen LogP contribution in [0.15, 0.2) is 29.2 Å². The zero-order chi connectivity index (χ0) is 13.8. The molecule has 1 rings (SSSR count). The van der Waals surface area contributed by atoms with E-state index in [1.807, 2.05) is 0 Å². The van der Waals surface area contributed by atoms with E-state index in [4.69, 9.17) is 4.74 Å². The molecule has 0 bridgehead atoms. The van der Waals surface area contributed by atoms with Gasteiger partial charge in [0.05, 0.1) is 13.2 Å². The van der Waals surface area contributed by atoms with E-state index in [9.17, 15) is 13.5 Å². The number of benzene rings is 1. The minimum Gasteiger partial charge on any atom is -0.495 e. The van der Waals surface area contributed by atoms with E-state index in [0.29, 0.717) is 12.2 Å². The number of rotatable bonds is 6. The van der Waals surface area contributed by atoms with Gasteiger partial charge in [-0.25, -0.2) is 13.1 Å². The number of hydrogen-bond donors (Lipinski definition) is 2. The van der Waals surface area contributed by atoms with Crippen LogP contribution in [-0.2, 0) is 10.0 Å². The van der Waals surface area contributed by atoms with Gasteiger partial charge in [-0.1, -0.05) is 12.1 Å². The highest BCUT2D eigenvalue weighted by atomic mass is 32.2. The van der Waals surface area contributed by atoms with Gasteiger partial charge in [0.1, 0.15) is 10.6 Å². The van der Waals surface area contributed by atoms with Gasteiger partial charge in [0, 0.05) is 6.04 Å². The Morgan fingerprint density at radius 3 is 2.50 bits per heavy atom. The topological polar surface area (TPSA) is 75.6 Å². The summed E-state index contributed by atoms with van der Waals surface area (Å²) in [6, 6.07) is 6.07. The minimum absolute atomic E-state index is 0.102. The average molecular weight is 273 g/mol. The number of methoxy groups -OCH3 is 1. The average Bonchev–Trinajstić information content (AvgIpc) is 2.27. The Balaban J connectivity index is 2.93. The van der Waals surface area contributed by atoms with Gasteiger partial charge in [0.25, 0.3) is 0 Å². The van der Waals surface area contributed by atoms with Crippen molar-refractivity contribution in [1.29, 1.82) is 0 Å². The molecule has 102 valence electrons. The van der Waals surface area contributed by atoms with E-state index in [1.165, 1.54) is 13.2 Å². The normalized spacial score (nSPS) is 15.1. The quantitative estimate of drug-likeness (QED) is 0.815. The van der Waals surface area contributed by atoms with E-state index in [2.05, 4.69) is 4.72 Å². The molecule has 0 spiro atoms.